The molecule has 126 valence electrons. The first kappa shape index (κ1) is 15.5. The minimum absolute atomic E-state index is 0.123. The molecule has 1 aliphatic heterocycles. The van der Waals surface area contributed by atoms with Crippen LogP contribution in [0.1, 0.15) is 11.5 Å². The molecule has 4 heterocycles. The molecule has 0 unspecified atom stereocenters. The summed E-state index contributed by atoms with van der Waals surface area (Å²) in [7, 11) is 0. The largest absolute Gasteiger partial charge is 0.374 e. The third-order valence-electron chi connectivity index (χ3n) is 3.94. The molecule has 0 N–H and O–H groups in total. The molecule has 0 saturated carbocycles. The molecule has 24 heavy (non-hydrogen) atoms. The first-order valence-corrected chi connectivity index (χ1v) is 8.84. The summed E-state index contributed by atoms with van der Waals surface area (Å²) in [5, 5.41) is 10.4. The highest BCUT2D eigenvalue weighted by Gasteiger charge is 2.23. The Kier molecular flexibility index (Phi) is 4.42. The smallest absolute Gasteiger partial charge is 0.241 e. The summed E-state index contributed by atoms with van der Waals surface area (Å²) in [5.74, 6) is 1.31. The van der Waals surface area contributed by atoms with Crippen LogP contribution in [0.5, 0.6) is 0 Å². The highest BCUT2D eigenvalue weighted by Crippen LogP contribution is 2.22. The van der Waals surface area contributed by atoms with E-state index in [9.17, 15) is 0 Å². The Labute approximate surface area is 143 Å². The Morgan fingerprint density at radius 3 is 3.17 bits per heavy atom. The van der Waals surface area contributed by atoms with Crippen LogP contribution in [0.15, 0.2) is 34.4 Å². The van der Waals surface area contributed by atoms with Crippen LogP contribution >= 0.6 is 11.3 Å². The zero-order valence-electron chi connectivity index (χ0n) is 13.5. The maximum absolute atomic E-state index is 5.86. The molecule has 0 spiro atoms. The molecule has 0 bridgehead atoms. The molecule has 8 heteroatoms. The maximum Gasteiger partial charge on any atom is 0.241 e. The maximum atomic E-state index is 5.86. The first-order valence-electron chi connectivity index (χ1n) is 7.96. The number of aryl methyl sites for hydroxylation is 1. The highest BCUT2D eigenvalue weighted by atomic mass is 32.1. The van der Waals surface area contributed by atoms with Gasteiger partial charge >= 0.3 is 0 Å². The Balaban J connectivity index is 1.36. The van der Waals surface area contributed by atoms with Crippen molar-refractivity contribution in [2.45, 2.75) is 26.1 Å². The number of ether oxygens (including phenoxy) is 1. The van der Waals surface area contributed by atoms with Gasteiger partial charge in [-0.3, -0.25) is 9.58 Å². The summed E-state index contributed by atoms with van der Waals surface area (Å²) in [5.41, 5.74) is 1.16. The van der Waals surface area contributed by atoms with Crippen LogP contribution in [0.25, 0.3) is 10.7 Å². The van der Waals surface area contributed by atoms with E-state index in [0.29, 0.717) is 24.9 Å². The van der Waals surface area contributed by atoms with Crippen LogP contribution in [-0.4, -0.2) is 50.6 Å². The molecule has 3 aromatic rings. The zero-order valence-corrected chi connectivity index (χ0v) is 14.3. The molecule has 1 saturated heterocycles. The molecule has 7 nitrogen and oxygen atoms in total. The zero-order chi connectivity index (χ0) is 16.4. The number of nitrogens with zero attached hydrogens (tertiary/aromatic N) is 5. The number of morpholine rings is 1. The van der Waals surface area contributed by atoms with Gasteiger partial charge in [0.05, 0.1) is 36.9 Å². The molecule has 1 aliphatic rings. The topological polar surface area (TPSA) is 69.2 Å². The highest BCUT2D eigenvalue weighted by molar-refractivity contribution is 7.13. The fourth-order valence-corrected chi connectivity index (χ4v) is 3.48. The van der Waals surface area contributed by atoms with Gasteiger partial charge in [0.2, 0.25) is 11.7 Å². The molecule has 4 rings (SSSR count). The lowest BCUT2D eigenvalue weighted by Crippen LogP contribution is -2.43. The van der Waals surface area contributed by atoms with Crippen LogP contribution in [-0.2, 0) is 17.8 Å². The Morgan fingerprint density at radius 1 is 1.42 bits per heavy atom. The van der Waals surface area contributed by atoms with Crippen molar-refractivity contribution in [3.05, 3.63) is 41.4 Å². The Morgan fingerprint density at radius 2 is 2.38 bits per heavy atom. The van der Waals surface area contributed by atoms with Crippen molar-refractivity contribution in [3.63, 3.8) is 0 Å². The van der Waals surface area contributed by atoms with Gasteiger partial charge in [0, 0.05) is 19.3 Å². The normalized spacial score (nSPS) is 19.0. The third-order valence-corrected chi connectivity index (χ3v) is 4.81. The molecule has 0 aliphatic carbocycles. The predicted molar refractivity (Wildman–Crippen MR) is 89.6 cm³/mol. The summed E-state index contributed by atoms with van der Waals surface area (Å²) in [6.07, 6.45) is 4.02. The molecular formula is C16H19N5O2S. The third kappa shape index (κ3) is 3.55. The van der Waals surface area contributed by atoms with Gasteiger partial charge in [-0.1, -0.05) is 11.2 Å². The van der Waals surface area contributed by atoms with Crippen LogP contribution in [0.3, 0.4) is 0 Å². The van der Waals surface area contributed by atoms with Crippen LogP contribution in [0, 0.1) is 6.92 Å². The molecule has 0 aromatic carbocycles. The molecule has 1 atom stereocenters. The van der Waals surface area contributed by atoms with E-state index in [1.807, 2.05) is 41.5 Å². The number of hydrogen-bond donors (Lipinski definition) is 0. The predicted octanol–water partition coefficient (Wildman–Crippen LogP) is 2.20. The van der Waals surface area contributed by atoms with E-state index in [2.05, 4.69) is 20.1 Å². The molecular weight excluding hydrogens is 326 g/mol. The van der Waals surface area contributed by atoms with Gasteiger partial charge in [-0.25, -0.2) is 0 Å². The van der Waals surface area contributed by atoms with E-state index >= 15 is 0 Å². The summed E-state index contributed by atoms with van der Waals surface area (Å²) in [4.78, 5) is 7.81. The molecule has 1 fully saturated rings. The second-order valence-electron chi connectivity index (χ2n) is 5.96. The van der Waals surface area contributed by atoms with Crippen LogP contribution < -0.4 is 0 Å². The first-order chi connectivity index (χ1) is 11.8. The van der Waals surface area contributed by atoms with Crippen molar-refractivity contribution in [3.8, 4) is 10.7 Å². The van der Waals surface area contributed by atoms with Crippen molar-refractivity contribution in [1.29, 1.82) is 0 Å². The number of hydrogen-bond acceptors (Lipinski definition) is 7. The van der Waals surface area contributed by atoms with Gasteiger partial charge < -0.3 is 9.26 Å². The van der Waals surface area contributed by atoms with Crippen LogP contribution in [0.4, 0.5) is 0 Å². The monoisotopic (exact) mass is 345 g/mol. The van der Waals surface area contributed by atoms with Gasteiger partial charge in [-0.15, -0.1) is 11.3 Å². The quantitative estimate of drug-likeness (QED) is 0.706. The Bertz CT molecular complexity index is 782. The Hall–Kier alpha value is -2.03. The molecule has 0 radical (unpaired) electrons. The fraction of sp³-hybridized carbons (Fsp3) is 0.438. The molecule has 0 amide bonds. The summed E-state index contributed by atoms with van der Waals surface area (Å²) in [6, 6.07) is 3.98. The number of rotatable bonds is 5. The van der Waals surface area contributed by atoms with Crippen molar-refractivity contribution in [1.82, 2.24) is 24.8 Å². The minimum atomic E-state index is 0.123. The number of aromatic nitrogens is 4. The number of thiophene rings is 1. The summed E-state index contributed by atoms with van der Waals surface area (Å²) in [6.45, 7) is 5.85. The van der Waals surface area contributed by atoms with E-state index in [1.54, 1.807) is 11.3 Å². The SMILES string of the molecule is Cc1cnn(C[C@H]2CN(Cc3nc(-c4cccs4)no3)CCO2)c1. The van der Waals surface area contributed by atoms with Crippen molar-refractivity contribution >= 4 is 11.3 Å². The minimum Gasteiger partial charge on any atom is -0.374 e. The lowest BCUT2D eigenvalue weighted by molar-refractivity contribution is -0.0426. The van der Waals surface area contributed by atoms with E-state index in [4.69, 9.17) is 9.26 Å². The second kappa shape index (κ2) is 6.84. The van der Waals surface area contributed by atoms with Crippen molar-refractivity contribution in [2.24, 2.45) is 0 Å². The lowest BCUT2D eigenvalue weighted by atomic mass is 10.2. The average Bonchev–Trinajstić information content (AvgIpc) is 3.29. The standard InChI is InChI=1S/C16H19N5O2S/c1-12-7-17-21(8-12)10-13-9-20(4-5-22-13)11-15-18-16(19-23-15)14-3-2-6-24-14/h2-3,6-8,13H,4-5,9-11H2,1H3/t13-/m1/s1. The lowest BCUT2D eigenvalue weighted by Gasteiger charge is -2.31. The van der Waals surface area contributed by atoms with E-state index in [-0.39, 0.29) is 6.10 Å². The second-order valence-corrected chi connectivity index (χ2v) is 6.90. The summed E-state index contributed by atoms with van der Waals surface area (Å²) >= 11 is 1.61. The average molecular weight is 345 g/mol. The fourth-order valence-electron chi connectivity index (χ4n) is 2.83. The van der Waals surface area contributed by atoms with Crippen molar-refractivity contribution < 1.29 is 9.26 Å². The van der Waals surface area contributed by atoms with Gasteiger partial charge in [0.25, 0.3) is 0 Å². The summed E-state index contributed by atoms with van der Waals surface area (Å²) < 4.78 is 13.2. The van der Waals surface area contributed by atoms with Crippen LogP contribution in [0.2, 0.25) is 0 Å². The van der Waals surface area contributed by atoms with Gasteiger partial charge in [-0.2, -0.15) is 10.1 Å². The van der Waals surface area contributed by atoms with E-state index in [1.165, 1.54) is 0 Å². The van der Waals surface area contributed by atoms with Crippen molar-refractivity contribution in [2.75, 3.05) is 19.7 Å². The van der Waals surface area contributed by atoms with E-state index < -0.39 is 0 Å². The van der Waals surface area contributed by atoms with Gasteiger partial charge in [-0.05, 0) is 23.9 Å². The van der Waals surface area contributed by atoms with Gasteiger partial charge in [0.1, 0.15) is 0 Å². The van der Waals surface area contributed by atoms with Gasteiger partial charge in [0.15, 0.2) is 0 Å². The van der Waals surface area contributed by atoms with E-state index in [0.717, 1.165) is 30.1 Å². The molecule has 3 aromatic heterocycles.